The van der Waals surface area contributed by atoms with Gasteiger partial charge in [0.1, 0.15) is 18.1 Å². The zero-order valence-electron chi connectivity index (χ0n) is 19.4. The number of carbonyl (C=O) groups excluding carboxylic acids is 1. The molecule has 0 fully saturated rings. The number of carbonyl (C=O) groups is 1. The van der Waals surface area contributed by atoms with Crippen molar-refractivity contribution in [2.24, 2.45) is 0 Å². The van der Waals surface area contributed by atoms with E-state index in [0.29, 0.717) is 40.0 Å². The SMILES string of the molecule is Cc1cc(OCc2ccc(C(=O)Nc3c(C)nn(Cc4ccc(Cl)cc4)c3C)o2)ccc1[N+](=O)[O-]. The minimum Gasteiger partial charge on any atom is -0.486 e. The number of nitrogens with one attached hydrogen (secondary N) is 1. The molecule has 2 aromatic heterocycles. The van der Waals surface area contributed by atoms with Crippen LogP contribution in [0.4, 0.5) is 11.4 Å². The van der Waals surface area contributed by atoms with Gasteiger partial charge in [0.2, 0.25) is 0 Å². The summed E-state index contributed by atoms with van der Waals surface area (Å²) in [4.78, 5) is 23.3. The number of anilines is 1. The second kappa shape index (κ2) is 10.0. The van der Waals surface area contributed by atoms with Gasteiger partial charge in [-0.05, 0) is 62.7 Å². The van der Waals surface area contributed by atoms with E-state index in [1.807, 2.05) is 42.8 Å². The van der Waals surface area contributed by atoms with Crippen LogP contribution in [-0.4, -0.2) is 20.6 Å². The summed E-state index contributed by atoms with van der Waals surface area (Å²) in [6.45, 7) is 5.97. The summed E-state index contributed by atoms with van der Waals surface area (Å²) in [6, 6.07) is 15.2. The van der Waals surface area contributed by atoms with Gasteiger partial charge in [-0.3, -0.25) is 19.6 Å². The number of nitrogens with zero attached hydrogens (tertiary/aromatic N) is 3. The molecule has 1 amide bonds. The molecule has 0 bridgehead atoms. The lowest BCUT2D eigenvalue weighted by atomic mass is 10.2. The molecule has 2 aromatic carbocycles. The molecule has 180 valence electrons. The van der Waals surface area contributed by atoms with E-state index in [9.17, 15) is 14.9 Å². The molecular formula is C25H23ClN4O5. The second-order valence-electron chi connectivity index (χ2n) is 8.04. The number of nitro groups is 1. The van der Waals surface area contributed by atoms with Crippen LogP contribution in [0.15, 0.2) is 59.0 Å². The summed E-state index contributed by atoms with van der Waals surface area (Å²) in [5.74, 6) is 0.639. The standard InChI is InChI=1S/C25H23ClN4O5/c1-15-12-20(8-10-22(15)30(32)33)34-14-21-9-11-23(35-21)25(31)27-24-16(2)28-29(17(24)3)13-18-4-6-19(26)7-5-18/h4-12H,13-14H2,1-3H3,(H,27,31). The number of hydrogen-bond acceptors (Lipinski definition) is 6. The lowest BCUT2D eigenvalue weighted by Gasteiger charge is -2.07. The Morgan fingerprint density at radius 2 is 1.89 bits per heavy atom. The van der Waals surface area contributed by atoms with Gasteiger partial charge < -0.3 is 14.5 Å². The predicted molar refractivity (Wildman–Crippen MR) is 131 cm³/mol. The maximum Gasteiger partial charge on any atom is 0.291 e. The van der Waals surface area contributed by atoms with Gasteiger partial charge in [0.25, 0.3) is 11.6 Å². The zero-order valence-corrected chi connectivity index (χ0v) is 20.1. The number of furan rings is 1. The molecule has 4 aromatic rings. The van der Waals surface area contributed by atoms with E-state index >= 15 is 0 Å². The minimum atomic E-state index is -0.443. The largest absolute Gasteiger partial charge is 0.486 e. The van der Waals surface area contributed by atoms with Crippen molar-refractivity contribution in [3.05, 3.63) is 104 Å². The van der Waals surface area contributed by atoms with Gasteiger partial charge in [0, 0.05) is 16.7 Å². The average Bonchev–Trinajstić information content (AvgIpc) is 3.39. The van der Waals surface area contributed by atoms with Gasteiger partial charge in [-0.15, -0.1) is 0 Å². The lowest BCUT2D eigenvalue weighted by molar-refractivity contribution is -0.385. The Kier molecular flexibility index (Phi) is 6.88. The fourth-order valence-corrected chi connectivity index (χ4v) is 3.75. The summed E-state index contributed by atoms with van der Waals surface area (Å²) < 4.78 is 13.1. The van der Waals surface area contributed by atoms with E-state index < -0.39 is 10.8 Å². The van der Waals surface area contributed by atoms with Crippen molar-refractivity contribution in [1.82, 2.24) is 9.78 Å². The second-order valence-corrected chi connectivity index (χ2v) is 8.48. The molecule has 1 N–H and O–H groups in total. The first-order valence-corrected chi connectivity index (χ1v) is 11.2. The molecule has 35 heavy (non-hydrogen) atoms. The van der Waals surface area contributed by atoms with Gasteiger partial charge >= 0.3 is 0 Å². The summed E-state index contributed by atoms with van der Waals surface area (Å²) >= 11 is 5.96. The third-order valence-electron chi connectivity index (χ3n) is 5.50. The van der Waals surface area contributed by atoms with E-state index in [1.54, 1.807) is 25.1 Å². The fourth-order valence-electron chi connectivity index (χ4n) is 3.62. The highest BCUT2D eigenvalue weighted by Gasteiger charge is 2.18. The van der Waals surface area contributed by atoms with E-state index in [0.717, 1.165) is 11.3 Å². The van der Waals surface area contributed by atoms with Crippen molar-refractivity contribution in [3.63, 3.8) is 0 Å². The molecule has 4 rings (SSSR count). The molecule has 9 nitrogen and oxygen atoms in total. The Balaban J connectivity index is 1.40. The average molecular weight is 495 g/mol. The maximum absolute atomic E-state index is 12.8. The van der Waals surface area contributed by atoms with Crippen molar-refractivity contribution in [2.75, 3.05) is 5.32 Å². The number of aromatic nitrogens is 2. The number of ether oxygens (including phenoxy) is 1. The zero-order chi connectivity index (χ0) is 25.1. The van der Waals surface area contributed by atoms with Crippen molar-refractivity contribution in [3.8, 4) is 5.75 Å². The van der Waals surface area contributed by atoms with Crippen LogP contribution in [0.5, 0.6) is 5.75 Å². The molecule has 0 aliphatic rings. The Hall–Kier alpha value is -4.11. The molecule has 10 heteroatoms. The lowest BCUT2D eigenvalue weighted by Crippen LogP contribution is -2.12. The molecule has 0 spiro atoms. The molecule has 0 aliphatic heterocycles. The van der Waals surface area contributed by atoms with Crippen LogP contribution in [-0.2, 0) is 13.2 Å². The van der Waals surface area contributed by atoms with Crippen LogP contribution in [0.3, 0.4) is 0 Å². The van der Waals surface area contributed by atoms with E-state index in [2.05, 4.69) is 10.4 Å². The summed E-state index contributed by atoms with van der Waals surface area (Å²) in [5.41, 5.74) is 3.69. The highest BCUT2D eigenvalue weighted by atomic mass is 35.5. The molecular weight excluding hydrogens is 472 g/mol. The highest BCUT2D eigenvalue weighted by Crippen LogP contribution is 2.25. The van der Waals surface area contributed by atoms with Crippen LogP contribution in [0.2, 0.25) is 5.02 Å². The van der Waals surface area contributed by atoms with Gasteiger partial charge in [-0.2, -0.15) is 5.10 Å². The monoisotopic (exact) mass is 494 g/mol. The van der Waals surface area contributed by atoms with E-state index in [-0.39, 0.29) is 18.1 Å². The number of aryl methyl sites for hydroxylation is 2. The number of rotatable bonds is 8. The topological polar surface area (TPSA) is 112 Å². The fraction of sp³-hybridized carbons (Fsp3) is 0.200. The molecule has 0 radical (unpaired) electrons. The van der Waals surface area contributed by atoms with E-state index in [1.165, 1.54) is 12.1 Å². The maximum atomic E-state index is 12.8. The Labute approximate surface area is 206 Å². The molecule has 0 unspecified atom stereocenters. The minimum absolute atomic E-state index is 0.0244. The van der Waals surface area contributed by atoms with Gasteiger partial charge in [0.15, 0.2) is 5.76 Å². The van der Waals surface area contributed by atoms with Gasteiger partial charge in [-0.1, -0.05) is 23.7 Å². The third-order valence-corrected chi connectivity index (χ3v) is 5.75. The van der Waals surface area contributed by atoms with Crippen molar-refractivity contribution >= 4 is 28.9 Å². The van der Waals surface area contributed by atoms with Gasteiger partial charge in [-0.25, -0.2) is 0 Å². The quantitative estimate of drug-likeness (QED) is 0.243. The molecule has 0 saturated heterocycles. The van der Waals surface area contributed by atoms with Crippen LogP contribution >= 0.6 is 11.6 Å². The normalized spacial score (nSPS) is 10.9. The molecule has 0 aliphatic carbocycles. The number of nitro benzene ring substituents is 1. The number of benzene rings is 2. The Bertz CT molecular complexity index is 1390. The van der Waals surface area contributed by atoms with Gasteiger partial charge in [0.05, 0.1) is 28.5 Å². The third kappa shape index (κ3) is 5.52. The molecule has 0 saturated carbocycles. The van der Waals surface area contributed by atoms with Crippen LogP contribution in [0.25, 0.3) is 0 Å². The van der Waals surface area contributed by atoms with Crippen LogP contribution in [0, 0.1) is 30.9 Å². The summed E-state index contributed by atoms with van der Waals surface area (Å²) in [6.07, 6.45) is 0. The number of halogens is 1. The predicted octanol–water partition coefficient (Wildman–Crippen LogP) is 5.84. The summed E-state index contributed by atoms with van der Waals surface area (Å²) in [7, 11) is 0. The van der Waals surface area contributed by atoms with Crippen molar-refractivity contribution < 1.29 is 18.9 Å². The Morgan fingerprint density at radius 1 is 1.14 bits per heavy atom. The first-order valence-electron chi connectivity index (χ1n) is 10.8. The highest BCUT2D eigenvalue weighted by molar-refractivity contribution is 6.30. The number of hydrogen-bond donors (Lipinski definition) is 1. The smallest absolute Gasteiger partial charge is 0.291 e. The molecule has 0 atom stereocenters. The Morgan fingerprint density at radius 3 is 2.57 bits per heavy atom. The first kappa shape index (κ1) is 24.0. The van der Waals surface area contributed by atoms with Crippen molar-refractivity contribution in [1.29, 1.82) is 0 Å². The van der Waals surface area contributed by atoms with E-state index in [4.69, 9.17) is 20.8 Å². The first-order chi connectivity index (χ1) is 16.7. The van der Waals surface area contributed by atoms with Crippen LogP contribution in [0.1, 0.15) is 38.8 Å². The van der Waals surface area contributed by atoms with Crippen molar-refractivity contribution in [2.45, 2.75) is 33.9 Å². The molecule has 2 heterocycles. The number of amides is 1. The summed E-state index contributed by atoms with van der Waals surface area (Å²) in [5, 5.41) is 19.0. The van der Waals surface area contributed by atoms with Crippen LogP contribution < -0.4 is 10.1 Å².